The van der Waals surface area contributed by atoms with E-state index in [1.54, 1.807) is 6.92 Å². The molecule has 0 aromatic heterocycles. The van der Waals surface area contributed by atoms with Crippen molar-refractivity contribution in [1.82, 2.24) is 0 Å². The van der Waals surface area contributed by atoms with E-state index in [2.05, 4.69) is 0 Å². The number of aliphatic hydroxyl groups excluding tert-OH is 1. The lowest BCUT2D eigenvalue weighted by atomic mass is 10.1. The quantitative estimate of drug-likeness (QED) is 0.635. The summed E-state index contributed by atoms with van der Waals surface area (Å²) in [5, 5.41) is 9.10. The van der Waals surface area contributed by atoms with Crippen LogP contribution < -0.4 is 0 Å². The fraction of sp³-hybridized carbons (Fsp3) is 0.875. The molecular weight excluding hydrogens is 128 g/mol. The largest absolute Gasteiger partial charge is 0.385 e. The third kappa shape index (κ3) is 3.62. The molecule has 0 heterocycles. The van der Waals surface area contributed by atoms with Crippen molar-refractivity contribution in [2.24, 2.45) is 0 Å². The second-order valence-corrected chi connectivity index (χ2v) is 2.48. The van der Waals surface area contributed by atoms with Crippen LogP contribution in [0, 0.1) is 0 Å². The summed E-state index contributed by atoms with van der Waals surface area (Å²) < 4.78 is 0. The zero-order chi connectivity index (χ0) is 7.98. The van der Waals surface area contributed by atoms with E-state index in [9.17, 15) is 4.79 Å². The van der Waals surface area contributed by atoms with E-state index in [0.717, 1.165) is 12.8 Å². The summed E-state index contributed by atoms with van der Waals surface area (Å²) in [4.78, 5) is 10.8. The third-order valence-electron chi connectivity index (χ3n) is 1.55. The standard InChI is InChI=1S/C8H16O2/c1-3-5-6-8(10)7(9)4-2/h8,10H,3-6H2,1-2H3. The van der Waals surface area contributed by atoms with Crippen molar-refractivity contribution in [3.63, 3.8) is 0 Å². The van der Waals surface area contributed by atoms with Gasteiger partial charge in [0, 0.05) is 6.42 Å². The highest BCUT2D eigenvalue weighted by atomic mass is 16.3. The van der Waals surface area contributed by atoms with Crippen LogP contribution in [-0.2, 0) is 4.79 Å². The van der Waals surface area contributed by atoms with Crippen LogP contribution in [0.1, 0.15) is 39.5 Å². The third-order valence-corrected chi connectivity index (χ3v) is 1.55. The molecule has 0 bridgehead atoms. The SMILES string of the molecule is CCCCC(O)C(=O)CC. The fourth-order valence-corrected chi connectivity index (χ4v) is 0.794. The van der Waals surface area contributed by atoms with Crippen LogP contribution >= 0.6 is 0 Å². The summed E-state index contributed by atoms with van der Waals surface area (Å²) in [6.07, 6.45) is 2.35. The van der Waals surface area contributed by atoms with Crippen molar-refractivity contribution >= 4 is 5.78 Å². The number of aliphatic hydroxyl groups is 1. The minimum atomic E-state index is -0.704. The van der Waals surface area contributed by atoms with Crippen LogP contribution in [0.5, 0.6) is 0 Å². The summed E-state index contributed by atoms with van der Waals surface area (Å²) in [5.74, 6) is -0.0338. The van der Waals surface area contributed by atoms with E-state index in [0.29, 0.717) is 12.8 Å². The Labute approximate surface area is 62.2 Å². The number of carbonyl (C=O) groups excluding carboxylic acids is 1. The normalized spacial score (nSPS) is 13.1. The van der Waals surface area contributed by atoms with Gasteiger partial charge in [-0.3, -0.25) is 4.79 Å². The molecule has 0 rings (SSSR count). The number of Topliss-reactive ketones (excluding diaryl/α,β-unsaturated/α-hetero) is 1. The van der Waals surface area contributed by atoms with Gasteiger partial charge in [-0.15, -0.1) is 0 Å². The molecule has 0 aliphatic carbocycles. The molecule has 60 valence electrons. The smallest absolute Gasteiger partial charge is 0.160 e. The zero-order valence-corrected chi connectivity index (χ0v) is 6.76. The van der Waals surface area contributed by atoms with E-state index in [1.165, 1.54) is 0 Å². The van der Waals surface area contributed by atoms with E-state index in [-0.39, 0.29) is 5.78 Å². The molecule has 0 saturated heterocycles. The first-order chi connectivity index (χ1) is 4.72. The van der Waals surface area contributed by atoms with Crippen LogP contribution in [0.3, 0.4) is 0 Å². The lowest BCUT2D eigenvalue weighted by molar-refractivity contribution is -0.127. The van der Waals surface area contributed by atoms with E-state index in [4.69, 9.17) is 5.11 Å². The van der Waals surface area contributed by atoms with Gasteiger partial charge in [0.15, 0.2) is 5.78 Å². The van der Waals surface area contributed by atoms with Crippen molar-refractivity contribution in [2.45, 2.75) is 45.6 Å². The van der Waals surface area contributed by atoms with Gasteiger partial charge in [0.2, 0.25) is 0 Å². The highest BCUT2D eigenvalue weighted by Gasteiger charge is 2.10. The predicted octanol–water partition coefficient (Wildman–Crippen LogP) is 1.52. The van der Waals surface area contributed by atoms with Gasteiger partial charge >= 0.3 is 0 Å². The van der Waals surface area contributed by atoms with Crippen molar-refractivity contribution in [3.8, 4) is 0 Å². The minimum Gasteiger partial charge on any atom is -0.385 e. The second kappa shape index (κ2) is 5.42. The molecule has 0 aliphatic rings. The lowest BCUT2D eigenvalue weighted by Crippen LogP contribution is -2.18. The Kier molecular flexibility index (Phi) is 5.22. The lowest BCUT2D eigenvalue weighted by Gasteiger charge is -2.05. The van der Waals surface area contributed by atoms with E-state index >= 15 is 0 Å². The van der Waals surface area contributed by atoms with E-state index < -0.39 is 6.10 Å². The molecule has 0 fully saturated rings. The number of carbonyl (C=O) groups is 1. The van der Waals surface area contributed by atoms with Crippen molar-refractivity contribution in [1.29, 1.82) is 0 Å². The van der Waals surface area contributed by atoms with Gasteiger partial charge in [0.05, 0.1) is 0 Å². The number of hydrogen-bond acceptors (Lipinski definition) is 2. The molecule has 0 aliphatic heterocycles. The first-order valence-electron chi connectivity index (χ1n) is 3.93. The number of ketones is 1. The molecule has 1 N–H and O–H groups in total. The maximum absolute atomic E-state index is 10.8. The van der Waals surface area contributed by atoms with Crippen LogP contribution in [0.15, 0.2) is 0 Å². The Morgan fingerprint density at radius 1 is 1.50 bits per heavy atom. The Bertz CT molecular complexity index is 99.4. The van der Waals surface area contributed by atoms with Crippen LogP contribution in [-0.4, -0.2) is 17.0 Å². The van der Waals surface area contributed by atoms with Crippen LogP contribution in [0.4, 0.5) is 0 Å². The minimum absolute atomic E-state index is 0.0338. The first kappa shape index (κ1) is 9.63. The zero-order valence-electron chi connectivity index (χ0n) is 6.76. The maximum atomic E-state index is 10.8. The Morgan fingerprint density at radius 3 is 2.50 bits per heavy atom. The molecule has 0 amide bonds. The second-order valence-electron chi connectivity index (χ2n) is 2.48. The highest BCUT2D eigenvalue weighted by molar-refractivity contribution is 5.82. The van der Waals surface area contributed by atoms with Gasteiger partial charge in [-0.05, 0) is 6.42 Å². The van der Waals surface area contributed by atoms with Gasteiger partial charge < -0.3 is 5.11 Å². The molecule has 2 heteroatoms. The molecule has 1 atom stereocenters. The average Bonchev–Trinajstić information content (AvgIpc) is 1.98. The van der Waals surface area contributed by atoms with Crippen molar-refractivity contribution in [3.05, 3.63) is 0 Å². The molecule has 0 aromatic rings. The van der Waals surface area contributed by atoms with Crippen molar-refractivity contribution < 1.29 is 9.90 Å². The van der Waals surface area contributed by atoms with Crippen molar-refractivity contribution in [2.75, 3.05) is 0 Å². The average molecular weight is 144 g/mol. The highest BCUT2D eigenvalue weighted by Crippen LogP contribution is 2.02. The van der Waals surface area contributed by atoms with Gasteiger partial charge in [-0.2, -0.15) is 0 Å². The Morgan fingerprint density at radius 2 is 2.10 bits per heavy atom. The van der Waals surface area contributed by atoms with Gasteiger partial charge in [0.25, 0.3) is 0 Å². The van der Waals surface area contributed by atoms with Gasteiger partial charge in [0.1, 0.15) is 6.10 Å². The summed E-state index contributed by atoms with van der Waals surface area (Å²) in [5.41, 5.74) is 0. The molecule has 0 saturated carbocycles. The Hall–Kier alpha value is -0.370. The summed E-state index contributed by atoms with van der Waals surface area (Å²) in [6.45, 7) is 3.82. The van der Waals surface area contributed by atoms with Gasteiger partial charge in [-0.25, -0.2) is 0 Å². The molecule has 0 aromatic carbocycles. The van der Waals surface area contributed by atoms with Crippen LogP contribution in [0.2, 0.25) is 0 Å². The molecular formula is C8H16O2. The molecule has 0 radical (unpaired) electrons. The number of unbranched alkanes of at least 4 members (excludes halogenated alkanes) is 1. The topological polar surface area (TPSA) is 37.3 Å². The maximum Gasteiger partial charge on any atom is 0.160 e. The summed E-state index contributed by atoms with van der Waals surface area (Å²) in [6, 6.07) is 0. The van der Waals surface area contributed by atoms with Crippen LogP contribution in [0.25, 0.3) is 0 Å². The van der Waals surface area contributed by atoms with E-state index in [1.807, 2.05) is 6.92 Å². The van der Waals surface area contributed by atoms with Gasteiger partial charge in [-0.1, -0.05) is 26.7 Å². The fourth-order valence-electron chi connectivity index (χ4n) is 0.794. The monoisotopic (exact) mass is 144 g/mol. The molecule has 0 spiro atoms. The number of hydrogen-bond donors (Lipinski definition) is 1. The Balaban J connectivity index is 3.41. The first-order valence-corrected chi connectivity index (χ1v) is 3.93. The predicted molar refractivity (Wildman–Crippen MR) is 40.8 cm³/mol. The number of rotatable bonds is 5. The molecule has 2 nitrogen and oxygen atoms in total. The molecule has 10 heavy (non-hydrogen) atoms. The molecule has 1 unspecified atom stereocenters. The summed E-state index contributed by atoms with van der Waals surface area (Å²) >= 11 is 0. The summed E-state index contributed by atoms with van der Waals surface area (Å²) in [7, 11) is 0.